The minimum absolute atomic E-state index is 0.197. The molecule has 1 saturated heterocycles. The standard InChI is InChI=1S/C21H26O3/c1-2-14-11-19-13(12-21(14)23-9-10-24-21)3-4-15-16-7-8-20(22)18(16)6-5-17(15)19/h5-6,12,14-16,18H,2-4,7-11H2,1H3/t14?,15-,16-,18-/m0/s1. The summed E-state index contributed by atoms with van der Waals surface area (Å²) < 4.78 is 12.1. The van der Waals surface area contributed by atoms with E-state index in [9.17, 15) is 4.79 Å². The Bertz CT molecular complexity index is 663. The zero-order valence-corrected chi connectivity index (χ0v) is 14.4. The molecule has 4 aliphatic carbocycles. The molecule has 0 radical (unpaired) electrons. The maximum atomic E-state index is 12.1. The normalized spacial score (nSPS) is 39.7. The number of carbonyl (C=O) groups is 1. The second kappa shape index (κ2) is 5.40. The molecule has 3 heteroatoms. The number of hydrogen-bond acceptors (Lipinski definition) is 3. The van der Waals surface area contributed by atoms with Crippen LogP contribution in [0.25, 0.3) is 0 Å². The lowest BCUT2D eigenvalue weighted by molar-refractivity contribution is -0.160. The van der Waals surface area contributed by atoms with Gasteiger partial charge in [0.2, 0.25) is 0 Å². The largest absolute Gasteiger partial charge is 0.344 e. The summed E-state index contributed by atoms with van der Waals surface area (Å²) in [6, 6.07) is 0. The average Bonchev–Trinajstić information content (AvgIpc) is 3.21. The molecule has 5 aliphatic rings. The Hall–Kier alpha value is -1.19. The van der Waals surface area contributed by atoms with E-state index in [-0.39, 0.29) is 5.92 Å². The topological polar surface area (TPSA) is 35.5 Å². The Morgan fingerprint density at radius 3 is 2.83 bits per heavy atom. The van der Waals surface area contributed by atoms with Crippen molar-refractivity contribution < 1.29 is 14.3 Å². The molecule has 4 atom stereocenters. The molecule has 1 unspecified atom stereocenters. The van der Waals surface area contributed by atoms with Gasteiger partial charge in [0, 0.05) is 18.3 Å². The van der Waals surface area contributed by atoms with Gasteiger partial charge in [0.1, 0.15) is 5.78 Å². The molecule has 2 fully saturated rings. The molecule has 128 valence electrons. The van der Waals surface area contributed by atoms with E-state index >= 15 is 0 Å². The van der Waals surface area contributed by atoms with Crippen LogP contribution in [0.5, 0.6) is 0 Å². The van der Waals surface area contributed by atoms with Gasteiger partial charge in [-0.05, 0) is 66.7 Å². The number of carbonyl (C=O) groups excluding carboxylic acids is 1. The minimum Gasteiger partial charge on any atom is -0.344 e. The van der Waals surface area contributed by atoms with Crippen molar-refractivity contribution in [3.05, 3.63) is 34.9 Å². The highest BCUT2D eigenvalue weighted by Crippen LogP contribution is 2.53. The predicted octanol–water partition coefficient (Wildman–Crippen LogP) is 3.96. The highest BCUT2D eigenvalue weighted by molar-refractivity contribution is 5.85. The number of Topliss-reactive ketones (excluding diaryl/α,β-unsaturated/α-hetero) is 1. The zero-order chi connectivity index (χ0) is 16.3. The Morgan fingerprint density at radius 1 is 1.21 bits per heavy atom. The smallest absolute Gasteiger partial charge is 0.191 e. The first-order valence-electron chi connectivity index (χ1n) is 9.66. The van der Waals surface area contributed by atoms with Crippen LogP contribution in [-0.2, 0) is 14.3 Å². The van der Waals surface area contributed by atoms with Crippen molar-refractivity contribution in [2.45, 2.75) is 51.2 Å². The number of fused-ring (bicyclic) bond motifs is 4. The second-order valence-electron chi connectivity index (χ2n) is 8.03. The molecule has 0 amide bonds. The molecular weight excluding hydrogens is 300 g/mol. The average molecular weight is 326 g/mol. The molecule has 1 heterocycles. The Balaban J connectivity index is 1.58. The lowest BCUT2D eigenvalue weighted by Crippen LogP contribution is -2.42. The first-order valence-corrected chi connectivity index (χ1v) is 9.66. The molecule has 0 aromatic rings. The third-order valence-electron chi connectivity index (χ3n) is 7.04. The van der Waals surface area contributed by atoms with E-state index in [4.69, 9.17) is 9.47 Å². The number of hydrogen-bond donors (Lipinski definition) is 0. The summed E-state index contributed by atoms with van der Waals surface area (Å²) >= 11 is 0. The van der Waals surface area contributed by atoms with Crippen LogP contribution in [0, 0.1) is 23.7 Å². The van der Waals surface area contributed by atoms with E-state index in [0.29, 0.717) is 36.8 Å². The van der Waals surface area contributed by atoms with Crippen molar-refractivity contribution in [2.24, 2.45) is 23.7 Å². The third kappa shape index (κ3) is 2.01. The van der Waals surface area contributed by atoms with Gasteiger partial charge < -0.3 is 9.47 Å². The van der Waals surface area contributed by atoms with Crippen LogP contribution >= 0.6 is 0 Å². The van der Waals surface area contributed by atoms with Crippen molar-refractivity contribution in [2.75, 3.05) is 13.2 Å². The van der Waals surface area contributed by atoms with Crippen molar-refractivity contribution >= 4 is 5.78 Å². The zero-order valence-electron chi connectivity index (χ0n) is 14.4. The molecule has 1 saturated carbocycles. The van der Waals surface area contributed by atoms with Gasteiger partial charge in [-0.25, -0.2) is 0 Å². The number of ketones is 1. The summed E-state index contributed by atoms with van der Waals surface area (Å²) in [6.07, 6.45) is 13.1. The van der Waals surface area contributed by atoms with Crippen LogP contribution in [0.4, 0.5) is 0 Å². The highest BCUT2D eigenvalue weighted by Gasteiger charge is 2.49. The quantitative estimate of drug-likeness (QED) is 0.732. The van der Waals surface area contributed by atoms with Crippen molar-refractivity contribution in [1.82, 2.24) is 0 Å². The Kier molecular flexibility index (Phi) is 3.40. The van der Waals surface area contributed by atoms with Crippen LogP contribution < -0.4 is 0 Å². The van der Waals surface area contributed by atoms with Gasteiger partial charge in [-0.1, -0.05) is 19.1 Å². The monoisotopic (exact) mass is 326 g/mol. The molecule has 3 nitrogen and oxygen atoms in total. The maximum absolute atomic E-state index is 12.1. The summed E-state index contributed by atoms with van der Waals surface area (Å²) in [5.41, 5.74) is 4.51. The summed E-state index contributed by atoms with van der Waals surface area (Å²) in [5, 5.41) is 0. The fourth-order valence-corrected chi connectivity index (χ4v) is 5.85. The van der Waals surface area contributed by atoms with Crippen molar-refractivity contribution in [3.8, 4) is 0 Å². The van der Waals surface area contributed by atoms with Crippen LogP contribution in [0.1, 0.15) is 45.4 Å². The summed E-state index contributed by atoms with van der Waals surface area (Å²) in [7, 11) is 0. The van der Waals surface area contributed by atoms with Crippen LogP contribution in [0.2, 0.25) is 0 Å². The predicted molar refractivity (Wildman–Crippen MR) is 91.2 cm³/mol. The van der Waals surface area contributed by atoms with Gasteiger partial charge in [0.15, 0.2) is 5.79 Å². The first kappa shape index (κ1) is 15.1. The van der Waals surface area contributed by atoms with Gasteiger partial charge in [0.05, 0.1) is 13.2 Å². The van der Waals surface area contributed by atoms with Crippen LogP contribution in [0.15, 0.2) is 34.9 Å². The van der Waals surface area contributed by atoms with E-state index in [1.807, 2.05) is 0 Å². The Labute approximate surface area is 143 Å². The molecule has 0 aromatic carbocycles. The second-order valence-corrected chi connectivity index (χ2v) is 8.03. The molecule has 1 aliphatic heterocycles. The van der Waals surface area contributed by atoms with Gasteiger partial charge in [-0.3, -0.25) is 4.79 Å². The van der Waals surface area contributed by atoms with E-state index in [2.05, 4.69) is 25.2 Å². The molecule has 0 aromatic heterocycles. The van der Waals surface area contributed by atoms with Crippen molar-refractivity contribution in [3.63, 3.8) is 0 Å². The molecule has 1 spiro atoms. The lowest BCUT2D eigenvalue weighted by Gasteiger charge is -2.44. The van der Waals surface area contributed by atoms with E-state index in [1.165, 1.54) is 23.1 Å². The summed E-state index contributed by atoms with van der Waals surface area (Å²) in [5.74, 6) is 1.75. The van der Waals surface area contributed by atoms with E-state index < -0.39 is 5.79 Å². The highest BCUT2D eigenvalue weighted by atomic mass is 16.7. The van der Waals surface area contributed by atoms with Crippen molar-refractivity contribution in [1.29, 1.82) is 0 Å². The number of rotatable bonds is 1. The van der Waals surface area contributed by atoms with Gasteiger partial charge in [0.25, 0.3) is 0 Å². The summed E-state index contributed by atoms with van der Waals surface area (Å²) in [4.78, 5) is 12.1. The SMILES string of the molecule is CCC1CC2=C3C=C[C@@H]4C(=O)CC[C@H]4[C@@H]3CCC2=CC12OCCO2. The van der Waals surface area contributed by atoms with E-state index in [0.717, 1.165) is 32.1 Å². The minimum atomic E-state index is -0.467. The summed E-state index contributed by atoms with van der Waals surface area (Å²) in [6.45, 7) is 3.66. The number of allylic oxidation sites excluding steroid dienone is 5. The molecule has 5 rings (SSSR count). The fourth-order valence-electron chi connectivity index (χ4n) is 5.85. The van der Waals surface area contributed by atoms with Gasteiger partial charge in [-0.2, -0.15) is 0 Å². The molecule has 24 heavy (non-hydrogen) atoms. The number of ether oxygens (including phenoxy) is 2. The maximum Gasteiger partial charge on any atom is 0.191 e. The van der Waals surface area contributed by atoms with Gasteiger partial charge >= 0.3 is 0 Å². The molecule has 0 bridgehead atoms. The molecule has 0 N–H and O–H groups in total. The van der Waals surface area contributed by atoms with E-state index in [1.54, 1.807) is 0 Å². The lowest BCUT2D eigenvalue weighted by atomic mass is 9.64. The van der Waals surface area contributed by atoms with Gasteiger partial charge in [-0.15, -0.1) is 0 Å². The third-order valence-corrected chi connectivity index (χ3v) is 7.04. The molecular formula is C21H26O3. The van der Waals surface area contributed by atoms with Crippen LogP contribution in [-0.4, -0.2) is 24.8 Å². The van der Waals surface area contributed by atoms with Crippen LogP contribution in [0.3, 0.4) is 0 Å². The first-order chi connectivity index (χ1) is 11.7. The Morgan fingerprint density at radius 2 is 2.04 bits per heavy atom. The fraction of sp³-hybridized carbons (Fsp3) is 0.667.